The summed E-state index contributed by atoms with van der Waals surface area (Å²) in [5.41, 5.74) is -6.66. The third kappa shape index (κ3) is 5.02. The van der Waals surface area contributed by atoms with Crippen molar-refractivity contribution in [3.63, 3.8) is 0 Å². The van der Waals surface area contributed by atoms with E-state index < -0.39 is 57.1 Å². The molecule has 0 aliphatic heterocycles. The van der Waals surface area contributed by atoms with Crippen molar-refractivity contribution in [3.8, 4) is 5.75 Å². The Morgan fingerprint density at radius 3 is 2.06 bits per heavy atom. The quantitative estimate of drug-likeness (QED) is 0.217. The molecule has 0 fully saturated rings. The number of halogens is 6. The molecule has 0 aliphatic rings. The molecule has 0 saturated carbocycles. The molecule has 0 spiro atoms. The Morgan fingerprint density at radius 2 is 1.56 bits per heavy atom. The minimum Gasteiger partial charge on any atom is -0.434 e. The normalized spacial score (nSPS) is 13.0. The fraction of sp³-hybridized carbons (Fsp3) is 0.222. The monoisotopic (exact) mass is 486 g/mol. The van der Waals surface area contributed by atoms with Crippen molar-refractivity contribution in [1.82, 2.24) is 0 Å². The van der Waals surface area contributed by atoms with Crippen LogP contribution in [0.4, 0.5) is 26.3 Å². The fourth-order valence-corrected chi connectivity index (χ4v) is 3.50. The van der Waals surface area contributed by atoms with Gasteiger partial charge in [-0.25, -0.2) is 9.59 Å². The fourth-order valence-electron chi connectivity index (χ4n) is 2.60. The van der Waals surface area contributed by atoms with Gasteiger partial charge in [-0.15, -0.1) is 0 Å². The van der Waals surface area contributed by atoms with Gasteiger partial charge in [-0.1, -0.05) is 36.9 Å². The van der Waals surface area contributed by atoms with Crippen LogP contribution in [0.1, 0.15) is 10.4 Å². The maximum Gasteiger partial charge on any atom is 0.438 e. The number of ether oxygens (including phenoxy) is 2. The van der Waals surface area contributed by atoms with Gasteiger partial charge in [0.15, 0.2) is 5.75 Å². The minimum absolute atomic E-state index is 0.0588. The minimum atomic E-state index is -6.51. The number of esters is 2. The molecule has 32 heavy (non-hydrogen) atoms. The zero-order valence-corrected chi connectivity index (χ0v) is 16.3. The van der Waals surface area contributed by atoms with Crippen molar-refractivity contribution in [2.45, 2.75) is 18.0 Å². The first-order chi connectivity index (χ1) is 14.5. The van der Waals surface area contributed by atoms with Crippen molar-refractivity contribution in [3.05, 3.63) is 54.6 Å². The van der Waals surface area contributed by atoms with Crippen LogP contribution in [0.25, 0.3) is 10.8 Å². The number of benzene rings is 2. The van der Waals surface area contributed by atoms with Gasteiger partial charge in [0.2, 0.25) is 0 Å². The van der Waals surface area contributed by atoms with E-state index in [1.54, 1.807) is 0 Å². The standard InChI is InChI=1S/C18H12F6O7S/c1-2-13(25)30-14-11-6-4-3-5-10(11)7-8-12(14)15(26)31-16(17(19,20)21,18(22,23)24)9-32(27,28)29/h2-8H,1,9H2,(H,27,28,29). The first kappa shape index (κ1) is 25.1. The summed E-state index contributed by atoms with van der Waals surface area (Å²) in [5, 5.41) is 0.225. The van der Waals surface area contributed by atoms with Crippen LogP contribution in [0.3, 0.4) is 0 Å². The third-order valence-corrected chi connectivity index (χ3v) is 4.81. The Kier molecular flexibility index (Phi) is 6.62. The van der Waals surface area contributed by atoms with E-state index in [1.807, 2.05) is 0 Å². The first-order valence-electron chi connectivity index (χ1n) is 8.20. The molecule has 0 saturated heterocycles. The SMILES string of the molecule is C=CC(=O)Oc1c(C(=O)OC(CS(=O)(=O)O)(C(F)(F)F)C(F)(F)F)ccc2ccccc12. The van der Waals surface area contributed by atoms with Crippen LogP contribution in [0.5, 0.6) is 5.75 Å². The van der Waals surface area contributed by atoms with Gasteiger partial charge in [-0.3, -0.25) is 4.55 Å². The van der Waals surface area contributed by atoms with Gasteiger partial charge < -0.3 is 9.47 Å². The second-order valence-electron chi connectivity index (χ2n) is 6.23. The summed E-state index contributed by atoms with van der Waals surface area (Å²) in [6.07, 6.45) is -12.4. The molecule has 0 unspecified atom stereocenters. The second-order valence-corrected chi connectivity index (χ2v) is 7.68. The van der Waals surface area contributed by atoms with Gasteiger partial charge in [0.1, 0.15) is 11.3 Å². The summed E-state index contributed by atoms with van der Waals surface area (Å²) < 4.78 is 120. The largest absolute Gasteiger partial charge is 0.438 e. The van der Waals surface area contributed by atoms with Gasteiger partial charge in [-0.05, 0) is 11.5 Å². The summed E-state index contributed by atoms with van der Waals surface area (Å²) in [6.45, 7) is 3.09. The van der Waals surface area contributed by atoms with E-state index in [2.05, 4.69) is 11.3 Å². The lowest BCUT2D eigenvalue weighted by molar-refractivity contribution is -0.356. The van der Waals surface area contributed by atoms with Gasteiger partial charge in [0.25, 0.3) is 10.1 Å². The number of rotatable bonds is 6. The maximum absolute atomic E-state index is 13.4. The Bertz CT molecular complexity index is 1150. The lowest BCUT2D eigenvalue weighted by Gasteiger charge is -2.35. The molecule has 2 aromatic carbocycles. The van der Waals surface area contributed by atoms with Crippen molar-refractivity contribution >= 4 is 32.8 Å². The predicted molar refractivity (Wildman–Crippen MR) is 96.5 cm³/mol. The number of carbonyl (C=O) groups excluding carboxylic acids is 2. The smallest absolute Gasteiger partial charge is 0.434 e. The molecule has 0 aromatic heterocycles. The summed E-state index contributed by atoms with van der Waals surface area (Å²) in [7, 11) is -5.96. The number of hydrogen-bond donors (Lipinski definition) is 1. The molecule has 0 bridgehead atoms. The molecule has 1 N–H and O–H groups in total. The van der Waals surface area contributed by atoms with Gasteiger partial charge in [0.05, 0.1) is 0 Å². The highest BCUT2D eigenvalue weighted by atomic mass is 32.2. The number of carbonyl (C=O) groups is 2. The Balaban J connectivity index is 2.72. The highest BCUT2D eigenvalue weighted by molar-refractivity contribution is 7.85. The van der Waals surface area contributed by atoms with Crippen LogP contribution in [-0.2, 0) is 19.6 Å². The molecule has 2 rings (SSSR count). The molecular formula is C18H12F6O7S. The summed E-state index contributed by atoms with van der Waals surface area (Å²) in [4.78, 5) is 24.1. The van der Waals surface area contributed by atoms with E-state index >= 15 is 0 Å². The molecule has 0 amide bonds. The summed E-state index contributed by atoms with van der Waals surface area (Å²) in [6, 6.07) is 7.39. The Labute approximate surface area is 176 Å². The van der Waals surface area contributed by atoms with E-state index in [4.69, 9.17) is 9.29 Å². The average Bonchev–Trinajstić information content (AvgIpc) is 2.64. The zero-order chi connectivity index (χ0) is 24.5. The second kappa shape index (κ2) is 8.43. The lowest BCUT2D eigenvalue weighted by Crippen LogP contribution is -2.63. The highest BCUT2D eigenvalue weighted by Crippen LogP contribution is 2.47. The maximum atomic E-state index is 13.4. The van der Waals surface area contributed by atoms with Crippen molar-refractivity contribution in [2.24, 2.45) is 0 Å². The molecular weight excluding hydrogens is 474 g/mol. The van der Waals surface area contributed by atoms with E-state index in [-0.39, 0.29) is 10.8 Å². The number of alkyl halides is 6. The van der Waals surface area contributed by atoms with Crippen LogP contribution < -0.4 is 4.74 Å². The molecule has 0 atom stereocenters. The molecule has 0 aliphatic carbocycles. The van der Waals surface area contributed by atoms with Crippen molar-refractivity contribution in [1.29, 1.82) is 0 Å². The van der Waals surface area contributed by atoms with Crippen LogP contribution >= 0.6 is 0 Å². The Hall–Kier alpha value is -3.13. The van der Waals surface area contributed by atoms with E-state index in [1.165, 1.54) is 24.3 Å². The molecule has 7 nitrogen and oxygen atoms in total. The molecule has 174 valence electrons. The molecule has 14 heteroatoms. The van der Waals surface area contributed by atoms with Gasteiger partial charge in [0, 0.05) is 11.5 Å². The van der Waals surface area contributed by atoms with E-state index in [9.17, 15) is 44.3 Å². The van der Waals surface area contributed by atoms with Crippen LogP contribution in [-0.4, -0.2) is 48.6 Å². The number of fused-ring (bicyclic) bond motifs is 1. The highest BCUT2D eigenvalue weighted by Gasteiger charge is 2.76. The topological polar surface area (TPSA) is 107 Å². The van der Waals surface area contributed by atoms with Crippen LogP contribution in [0.15, 0.2) is 49.1 Å². The van der Waals surface area contributed by atoms with E-state index in [0.29, 0.717) is 6.08 Å². The summed E-state index contributed by atoms with van der Waals surface area (Å²) >= 11 is 0. The third-order valence-electron chi connectivity index (χ3n) is 4.04. The van der Waals surface area contributed by atoms with Crippen molar-refractivity contribution < 1.29 is 58.4 Å². The first-order valence-corrected chi connectivity index (χ1v) is 9.81. The van der Waals surface area contributed by atoms with Crippen LogP contribution in [0, 0.1) is 0 Å². The summed E-state index contributed by atoms with van der Waals surface area (Å²) in [5.74, 6) is -7.32. The molecule has 0 radical (unpaired) electrons. The molecule has 0 heterocycles. The van der Waals surface area contributed by atoms with Gasteiger partial charge >= 0.3 is 29.9 Å². The zero-order valence-electron chi connectivity index (χ0n) is 15.5. The lowest BCUT2D eigenvalue weighted by atomic mass is 10.0. The van der Waals surface area contributed by atoms with Crippen LogP contribution in [0.2, 0.25) is 0 Å². The van der Waals surface area contributed by atoms with Gasteiger partial charge in [-0.2, -0.15) is 34.8 Å². The van der Waals surface area contributed by atoms with Crippen molar-refractivity contribution in [2.75, 3.05) is 5.75 Å². The van der Waals surface area contributed by atoms with E-state index in [0.717, 1.165) is 12.1 Å². The molecule has 2 aromatic rings. The number of hydrogen-bond acceptors (Lipinski definition) is 6. The Morgan fingerprint density at radius 1 is 1.00 bits per heavy atom. The average molecular weight is 486 g/mol. The predicted octanol–water partition coefficient (Wildman–Crippen LogP) is 3.84.